The number of carbonyl (C=O) groups is 2. The predicted octanol–water partition coefficient (Wildman–Crippen LogP) is 2.18. The van der Waals surface area contributed by atoms with Crippen molar-refractivity contribution >= 4 is 34.0 Å². The zero-order valence-corrected chi connectivity index (χ0v) is 13.5. The Morgan fingerprint density at radius 1 is 1.32 bits per heavy atom. The SMILES string of the molecule is O=C1COc2ccc(-c3csc(NC(=O)c4cnccn4)n3)cc2N1. The number of benzene rings is 1. The van der Waals surface area contributed by atoms with Crippen molar-refractivity contribution in [3.05, 3.63) is 47.9 Å². The molecular formula is C16H11N5O3S. The molecule has 0 atom stereocenters. The van der Waals surface area contributed by atoms with Gasteiger partial charge >= 0.3 is 0 Å². The van der Waals surface area contributed by atoms with Crippen LogP contribution < -0.4 is 15.4 Å². The summed E-state index contributed by atoms with van der Waals surface area (Å²) in [6.45, 7) is 0.0155. The molecule has 0 spiro atoms. The first-order valence-electron chi connectivity index (χ1n) is 7.29. The Kier molecular flexibility index (Phi) is 3.82. The van der Waals surface area contributed by atoms with Gasteiger partial charge in [0.25, 0.3) is 11.8 Å². The van der Waals surface area contributed by atoms with Crippen molar-refractivity contribution < 1.29 is 14.3 Å². The molecule has 3 heterocycles. The monoisotopic (exact) mass is 353 g/mol. The number of fused-ring (bicyclic) bond motifs is 1. The van der Waals surface area contributed by atoms with E-state index >= 15 is 0 Å². The van der Waals surface area contributed by atoms with Crippen LogP contribution in [-0.2, 0) is 4.79 Å². The molecule has 1 aliphatic rings. The van der Waals surface area contributed by atoms with Crippen molar-refractivity contribution in [2.45, 2.75) is 0 Å². The number of anilines is 2. The maximum Gasteiger partial charge on any atom is 0.277 e. The molecule has 0 aliphatic carbocycles. The number of nitrogens with one attached hydrogen (secondary N) is 2. The van der Waals surface area contributed by atoms with E-state index in [2.05, 4.69) is 25.6 Å². The van der Waals surface area contributed by atoms with E-state index in [9.17, 15) is 9.59 Å². The molecule has 0 saturated heterocycles. The Labute approximate surface area is 145 Å². The van der Waals surface area contributed by atoms with E-state index in [0.29, 0.717) is 22.3 Å². The van der Waals surface area contributed by atoms with Crippen molar-refractivity contribution in [1.82, 2.24) is 15.0 Å². The van der Waals surface area contributed by atoms with Gasteiger partial charge in [-0.2, -0.15) is 0 Å². The lowest BCUT2D eigenvalue weighted by Crippen LogP contribution is -2.25. The van der Waals surface area contributed by atoms with E-state index < -0.39 is 0 Å². The molecule has 8 nitrogen and oxygen atoms in total. The predicted molar refractivity (Wildman–Crippen MR) is 91.7 cm³/mol. The lowest BCUT2D eigenvalue weighted by molar-refractivity contribution is -0.118. The highest BCUT2D eigenvalue weighted by Crippen LogP contribution is 2.33. The standard InChI is InChI=1S/C16H11N5O3S/c22-14-7-24-13-2-1-9(5-10(13)19-14)12-8-25-16(20-12)21-15(23)11-6-17-3-4-18-11/h1-6,8H,7H2,(H,19,22)(H,20,21,23). The Balaban J connectivity index is 1.54. The van der Waals surface area contributed by atoms with E-state index in [0.717, 1.165) is 5.56 Å². The smallest absolute Gasteiger partial charge is 0.277 e. The first-order chi connectivity index (χ1) is 12.2. The second-order valence-electron chi connectivity index (χ2n) is 5.13. The molecule has 3 aromatic rings. The second kappa shape index (κ2) is 6.29. The van der Waals surface area contributed by atoms with Crippen molar-refractivity contribution in [3.8, 4) is 17.0 Å². The zero-order chi connectivity index (χ0) is 17.2. The Bertz CT molecular complexity index is 957. The number of nitrogens with zero attached hydrogens (tertiary/aromatic N) is 3. The van der Waals surface area contributed by atoms with Gasteiger partial charge in [-0.3, -0.25) is 19.9 Å². The maximum atomic E-state index is 12.1. The van der Waals surface area contributed by atoms with Crippen LogP contribution in [0.1, 0.15) is 10.5 Å². The lowest BCUT2D eigenvalue weighted by Gasteiger charge is -2.18. The van der Waals surface area contributed by atoms with Crippen LogP contribution in [0.4, 0.5) is 10.8 Å². The summed E-state index contributed by atoms with van der Waals surface area (Å²) in [5, 5.41) is 7.71. The van der Waals surface area contributed by atoms with Gasteiger partial charge in [0.2, 0.25) is 0 Å². The summed E-state index contributed by atoms with van der Waals surface area (Å²) in [6.07, 6.45) is 4.33. The van der Waals surface area contributed by atoms with Crippen LogP contribution in [0.2, 0.25) is 0 Å². The maximum absolute atomic E-state index is 12.1. The van der Waals surface area contributed by atoms with Crippen LogP contribution in [0.25, 0.3) is 11.3 Å². The van der Waals surface area contributed by atoms with Crippen LogP contribution in [0.15, 0.2) is 42.2 Å². The van der Waals surface area contributed by atoms with Gasteiger partial charge in [-0.15, -0.1) is 11.3 Å². The van der Waals surface area contributed by atoms with Crippen LogP contribution >= 0.6 is 11.3 Å². The highest BCUT2D eigenvalue weighted by atomic mass is 32.1. The quantitative estimate of drug-likeness (QED) is 0.747. The fourth-order valence-corrected chi connectivity index (χ4v) is 3.00. The van der Waals surface area contributed by atoms with E-state index in [1.807, 2.05) is 11.4 Å². The molecule has 2 amide bonds. The van der Waals surface area contributed by atoms with Crippen LogP contribution in [0.3, 0.4) is 0 Å². The van der Waals surface area contributed by atoms with Gasteiger partial charge < -0.3 is 10.1 Å². The molecule has 2 aromatic heterocycles. The number of hydrogen-bond acceptors (Lipinski definition) is 7. The molecule has 9 heteroatoms. The van der Waals surface area contributed by atoms with Gasteiger partial charge in [-0.05, 0) is 18.2 Å². The lowest BCUT2D eigenvalue weighted by atomic mass is 10.1. The molecule has 0 bridgehead atoms. The minimum absolute atomic E-state index is 0.0155. The Morgan fingerprint density at radius 3 is 3.08 bits per heavy atom. The first-order valence-corrected chi connectivity index (χ1v) is 8.17. The fraction of sp³-hybridized carbons (Fsp3) is 0.0625. The number of ether oxygens (including phenoxy) is 1. The average Bonchev–Trinajstić information content (AvgIpc) is 3.10. The molecule has 124 valence electrons. The summed E-state index contributed by atoms with van der Waals surface area (Å²) >= 11 is 1.30. The number of hydrogen-bond donors (Lipinski definition) is 2. The molecule has 1 aromatic carbocycles. The first kappa shape index (κ1) is 15.2. The van der Waals surface area contributed by atoms with Crippen LogP contribution in [0.5, 0.6) is 5.75 Å². The molecule has 1 aliphatic heterocycles. The van der Waals surface area contributed by atoms with Crippen LogP contribution in [-0.4, -0.2) is 33.4 Å². The third-order valence-electron chi connectivity index (χ3n) is 3.43. The van der Waals surface area contributed by atoms with Crippen molar-refractivity contribution in [3.63, 3.8) is 0 Å². The highest BCUT2D eigenvalue weighted by molar-refractivity contribution is 7.14. The van der Waals surface area contributed by atoms with Gasteiger partial charge in [0.15, 0.2) is 11.7 Å². The number of aromatic nitrogens is 3. The summed E-state index contributed by atoms with van der Waals surface area (Å²) in [6, 6.07) is 5.41. The summed E-state index contributed by atoms with van der Waals surface area (Å²) in [7, 11) is 0. The average molecular weight is 353 g/mol. The summed E-state index contributed by atoms with van der Waals surface area (Å²) in [4.78, 5) is 35.7. The van der Waals surface area contributed by atoms with Gasteiger partial charge in [-0.25, -0.2) is 9.97 Å². The summed E-state index contributed by atoms with van der Waals surface area (Å²) in [5.74, 6) is 0.0507. The molecule has 0 radical (unpaired) electrons. The van der Waals surface area contributed by atoms with Crippen molar-refractivity contribution in [1.29, 1.82) is 0 Å². The topological polar surface area (TPSA) is 106 Å². The molecule has 4 rings (SSSR count). The van der Waals surface area contributed by atoms with Crippen molar-refractivity contribution in [2.75, 3.05) is 17.2 Å². The number of rotatable bonds is 3. The molecule has 0 saturated carbocycles. The molecule has 0 unspecified atom stereocenters. The van der Waals surface area contributed by atoms with Gasteiger partial charge in [0, 0.05) is 23.3 Å². The third-order valence-corrected chi connectivity index (χ3v) is 4.19. The zero-order valence-electron chi connectivity index (χ0n) is 12.7. The number of thiazole rings is 1. The highest BCUT2D eigenvalue weighted by Gasteiger charge is 2.17. The molecule has 0 fully saturated rings. The van der Waals surface area contributed by atoms with E-state index in [4.69, 9.17) is 4.74 Å². The number of amides is 2. The van der Waals surface area contributed by atoms with Crippen molar-refractivity contribution in [2.24, 2.45) is 0 Å². The third kappa shape index (κ3) is 3.17. The summed E-state index contributed by atoms with van der Waals surface area (Å²) < 4.78 is 5.33. The molecule has 25 heavy (non-hydrogen) atoms. The van der Waals surface area contributed by atoms with E-state index in [1.165, 1.54) is 29.9 Å². The molecule has 2 N–H and O–H groups in total. The number of carbonyl (C=O) groups excluding carboxylic acids is 2. The molecular weight excluding hydrogens is 342 g/mol. The van der Waals surface area contributed by atoms with Gasteiger partial charge in [0.05, 0.1) is 17.6 Å². The van der Waals surface area contributed by atoms with Crippen LogP contribution in [0, 0.1) is 0 Å². The normalized spacial score (nSPS) is 12.7. The van der Waals surface area contributed by atoms with Gasteiger partial charge in [-0.1, -0.05) is 0 Å². The fourth-order valence-electron chi connectivity index (χ4n) is 2.28. The summed E-state index contributed by atoms with van der Waals surface area (Å²) in [5.41, 5.74) is 2.31. The Hall–Kier alpha value is -3.33. The van der Waals surface area contributed by atoms with Gasteiger partial charge in [0.1, 0.15) is 11.4 Å². The van der Waals surface area contributed by atoms with E-state index in [1.54, 1.807) is 12.1 Å². The Morgan fingerprint density at radius 2 is 2.24 bits per heavy atom. The second-order valence-corrected chi connectivity index (χ2v) is 5.99. The largest absolute Gasteiger partial charge is 0.482 e. The minimum Gasteiger partial charge on any atom is -0.482 e. The minimum atomic E-state index is -0.375. The van der Waals surface area contributed by atoms with E-state index in [-0.39, 0.29) is 24.1 Å².